The zero-order valence-corrected chi connectivity index (χ0v) is 20.6. The molecule has 0 bridgehead atoms. The minimum absolute atomic E-state index is 0.102. The first kappa shape index (κ1) is 24.8. The number of aromatic nitrogens is 2. The molecule has 0 aliphatic carbocycles. The van der Waals surface area contributed by atoms with Crippen LogP contribution in [0.4, 0.5) is 5.00 Å². The number of esters is 2. The lowest BCUT2D eigenvalue weighted by Crippen LogP contribution is -2.17. The third-order valence-electron chi connectivity index (χ3n) is 4.41. The standard InChI is InChI=1S/C22H21Cl2N3O5S/c1-5-31-22(30)18-11(4)17(21(29)32-10(2)3)20(33-18)25-19(28)16-9-15(26-27-16)13-7-6-12(23)8-14(13)24/h6-10H,5H2,1-4H3,(H,25,28)(H,26,27). The Morgan fingerprint density at radius 1 is 1.18 bits per heavy atom. The number of rotatable bonds is 7. The molecule has 1 aromatic carbocycles. The van der Waals surface area contributed by atoms with Gasteiger partial charge in [0.05, 0.1) is 29.0 Å². The maximum Gasteiger partial charge on any atom is 0.348 e. The molecule has 3 rings (SSSR count). The highest BCUT2D eigenvalue weighted by atomic mass is 35.5. The zero-order valence-electron chi connectivity index (χ0n) is 18.2. The van der Waals surface area contributed by atoms with Gasteiger partial charge < -0.3 is 14.8 Å². The fraction of sp³-hybridized carbons (Fsp3) is 0.273. The minimum atomic E-state index is -0.650. The summed E-state index contributed by atoms with van der Waals surface area (Å²) in [6.07, 6.45) is -0.384. The number of anilines is 1. The highest BCUT2D eigenvalue weighted by molar-refractivity contribution is 7.18. The molecular weight excluding hydrogens is 489 g/mol. The lowest BCUT2D eigenvalue weighted by atomic mass is 10.1. The molecule has 2 heterocycles. The fourth-order valence-corrected chi connectivity index (χ4v) is 4.54. The van der Waals surface area contributed by atoms with Crippen LogP contribution in [0, 0.1) is 6.92 Å². The second-order valence-electron chi connectivity index (χ2n) is 7.18. The molecule has 33 heavy (non-hydrogen) atoms. The highest BCUT2D eigenvalue weighted by Gasteiger charge is 2.28. The average Bonchev–Trinajstić information content (AvgIpc) is 3.33. The number of benzene rings is 1. The number of aromatic amines is 1. The average molecular weight is 510 g/mol. The third-order valence-corrected chi connectivity index (χ3v) is 6.15. The Balaban J connectivity index is 1.92. The summed E-state index contributed by atoms with van der Waals surface area (Å²) >= 11 is 13.1. The van der Waals surface area contributed by atoms with Crippen LogP contribution >= 0.6 is 34.5 Å². The van der Waals surface area contributed by atoms with Crippen LogP contribution in [0.5, 0.6) is 0 Å². The van der Waals surface area contributed by atoms with Crippen LogP contribution in [0.25, 0.3) is 11.3 Å². The maximum atomic E-state index is 12.9. The summed E-state index contributed by atoms with van der Waals surface area (Å²) in [5.41, 5.74) is 1.64. The summed E-state index contributed by atoms with van der Waals surface area (Å²) in [6, 6.07) is 6.44. The van der Waals surface area contributed by atoms with Gasteiger partial charge in [-0.15, -0.1) is 11.3 Å². The number of nitrogens with one attached hydrogen (secondary N) is 2. The van der Waals surface area contributed by atoms with Gasteiger partial charge in [0.1, 0.15) is 15.6 Å². The largest absolute Gasteiger partial charge is 0.462 e. The number of carbonyl (C=O) groups is 3. The van der Waals surface area contributed by atoms with Gasteiger partial charge in [0.2, 0.25) is 0 Å². The van der Waals surface area contributed by atoms with Crippen molar-refractivity contribution in [3.63, 3.8) is 0 Å². The summed E-state index contributed by atoms with van der Waals surface area (Å²) in [6.45, 7) is 6.87. The number of thiophene rings is 1. The molecule has 174 valence electrons. The van der Waals surface area contributed by atoms with Gasteiger partial charge >= 0.3 is 11.9 Å². The number of halogens is 2. The summed E-state index contributed by atoms with van der Waals surface area (Å²) in [7, 11) is 0. The van der Waals surface area contributed by atoms with Crippen molar-refractivity contribution in [3.8, 4) is 11.3 Å². The van der Waals surface area contributed by atoms with E-state index in [9.17, 15) is 14.4 Å². The van der Waals surface area contributed by atoms with Crippen molar-refractivity contribution in [3.05, 3.63) is 56.0 Å². The van der Waals surface area contributed by atoms with Gasteiger partial charge in [-0.05, 0) is 57.5 Å². The number of amides is 1. The van der Waals surface area contributed by atoms with Crippen LogP contribution in [0.2, 0.25) is 10.0 Å². The van der Waals surface area contributed by atoms with Crippen LogP contribution in [-0.4, -0.2) is 40.8 Å². The van der Waals surface area contributed by atoms with Crippen molar-refractivity contribution in [1.82, 2.24) is 10.2 Å². The molecule has 0 aliphatic rings. The SMILES string of the molecule is CCOC(=O)c1sc(NC(=O)c2cc(-c3ccc(Cl)cc3Cl)n[nH]2)c(C(=O)OC(C)C)c1C. The quantitative estimate of drug-likeness (QED) is 0.392. The molecule has 0 aliphatic heterocycles. The highest BCUT2D eigenvalue weighted by Crippen LogP contribution is 2.35. The van der Waals surface area contributed by atoms with Crippen LogP contribution in [0.3, 0.4) is 0 Å². The molecule has 0 atom stereocenters. The first-order chi connectivity index (χ1) is 15.6. The van der Waals surface area contributed by atoms with Crippen LogP contribution in [0.1, 0.15) is 56.9 Å². The second-order valence-corrected chi connectivity index (χ2v) is 9.04. The van der Waals surface area contributed by atoms with Gasteiger partial charge in [-0.25, -0.2) is 9.59 Å². The molecule has 3 aromatic rings. The van der Waals surface area contributed by atoms with E-state index in [1.807, 2.05) is 0 Å². The Hall–Kier alpha value is -2.88. The van der Waals surface area contributed by atoms with Crippen molar-refractivity contribution in [2.75, 3.05) is 11.9 Å². The molecule has 0 saturated heterocycles. The van der Waals surface area contributed by atoms with E-state index in [1.54, 1.807) is 45.9 Å². The van der Waals surface area contributed by atoms with E-state index in [-0.39, 0.29) is 33.8 Å². The molecule has 0 saturated carbocycles. The topological polar surface area (TPSA) is 110 Å². The zero-order chi connectivity index (χ0) is 24.3. The van der Waals surface area contributed by atoms with E-state index in [4.69, 9.17) is 32.7 Å². The number of ether oxygens (including phenoxy) is 2. The van der Waals surface area contributed by atoms with E-state index in [0.29, 0.717) is 26.9 Å². The van der Waals surface area contributed by atoms with Crippen LogP contribution in [0.15, 0.2) is 24.3 Å². The van der Waals surface area contributed by atoms with E-state index < -0.39 is 17.8 Å². The van der Waals surface area contributed by atoms with Gasteiger partial charge in [-0.2, -0.15) is 5.10 Å². The monoisotopic (exact) mass is 509 g/mol. The Labute approximate surface area is 204 Å². The molecule has 2 N–H and O–H groups in total. The normalized spacial score (nSPS) is 10.9. The van der Waals surface area contributed by atoms with Crippen molar-refractivity contribution in [2.45, 2.75) is 33.8 Å². The summed E-state index contributed by atoms with van der Waals surface area (Å²) in [5.74, 6) is -1.79. The first-order valence-electron chi connectivity index (χ1n) is 9.96. The Bertz CT molecular complexity index is 1220. The fourth-order valence-electron chi connectivity index (χ4n) is 2.96. The Morgan fingerprint density at radius 3 is 2.55 bits per heavy atom. The first-order valence-corrected chi connectivity index (χ1v) is 11.5. The van der Waals surface area contributed by atoms with Crippen LogP contribution in [-0.2, 0) is 9.47 Å². The molecule has 11 heteroatoms. The van der Waals surface area contributed by atoms with Gasteiger partial charge in [0.15, 0.2) is 0 Å². The number of hydrogen-bond donors (Lipinski definition) is 2. The lowest BCUT2D eigenvalue weighted by Gasteiger charge is -2.10. The third kappa shape index (κ3) is 5.55. The molecule has 0 spiro atoms. The minimum Gasteiger partial charge on any atom is -0.462 e. The van der Waals surface area contributed by atoms with Crippen molar-refractivity contribution in [2.24, 2.45) is 0 Å². The van der Waals surface area contributed by atoms with E-state index in [0.717, 1.165) is 11.3 Å². The lowest BCUT2D eigenvalue weighted by molar-refractivity contribution is 0.0379. The van der Waals surface area contributed by atoms with Crippen LogP contribution < -0.4 is 5.32 Å². The molecule has 1 amide bonds. The summed E-state index contributed by atoms with van der Waals surface area (Å²) in [5, 5.41) is 10.5. The molecule has 0 radical (unpaired) electrons. The van der Waals surface area contributed by atoms with E-state index in [2.05, 4.69) is 15.5 Å². The van der Waals surface area contributed by atoms with Crippen molar-refractivity contribution < 1.29 is 23.9 Å². The number of nitrogens with zero attached hydrogens (tertiary/aromatic N) is 1. The molecule has 0 fully saturated rings. The molecular formula is C22H21Cl2N3O5S. The Kier molecular flexibility index (Phi) is 7.78. The smallest absolute Gasteiger partial charge is 0.348 e. The van der Waals surface area contributed by atoms with Crippen molar-refractivity contribution in [1.29, 1.82) is 0 Å². The van der Waals surface area contributed by atoms with Gasteiger partial charge in [0, 0.05) is 10.6 Å². The predicted octanol–water partition coefficient (Wildman–Crippen LogP) is 5.75. The number of hydrogen-bond acceptors (Lipinski definition) is 7. The second kappa shape index (κ2) is 10.4. The van der Waals surface area contributed by atoms with E-state index in [1.165, 1.54) is 6.07 Å². The summed E-state index contributed by atoms with van der Waals surface area (Å²) in [4.78, 5) is 38.2. The number of carbonyl (C=O) groups excluding carboxylic acids is 3. The predicted molar refractivity (Wildman–Crippen MR) is 128 cm³/mol. The molecule has 2 aromatic heterocycles. The summed E-state index contributed by atoms with van der Waals surface area (Å²) < 4.78 is 10.4. The van der Waals surface area contributed by atoms with Crippen molar-refractivity contribution >= 4 is 57.4 Å². The maximum absolute atomic E-state index is 12.9. The van der Waals surface area contributed by atoms with Gasteiger partial charge in [-0.1, -0.05) is 23.2 Å². The Morgan fingerprint density at radius 2 is 1.91 bits per heavy atom. The molecule has 8 nitrogen and oxygen atoms in total. The number of H-pyrrole nitrogens is 1. The van der Waals surface area contributed by atoms with Gasteiger partial charge in [-0.3, -0.25) is 9.89 Å². The van der Waals surface area contributed by atoms with E-state index >= 15 is 0 Å². The molecule has 0 unspecified atom stereocenters. The van der Waals surface area contributed by atoms with Gasteiger partial charge in [0.25, 0.3) is 5.91 Å².